The van der Waals surface area contributed by atoms with E-state index < -0.39 is 17.7 Å². The van der Waals surface area contributed by atoms with Crippen LogP contribution in [-0.2, 0) is 9.59 Å². The normalized spacial score (nSPS) is 17.3. The maximum Gasteiger partial charge on any atom is 0.295 e. The zero-order valence-corrected chi connectivity index (χ0v) is 22.2. The van der Waals surface area contributed by atoms with Gasteiger partial charge >= 0.3 is 0 Å². The Hall–Kier alpha value is -3.32. The van der Waals surface area contributed by atoms with Crippen molar-refractivity contribution >= 4 is 17.4 Å². The summed E-state index contributed by atoms with van der Waals surface area (Å²) in [6.45, 7) is 9.41. The summed E-state index contributed by atoms with van der Waals surface area (Å²) in [5, 5.41) is 11.4. The molecule has 1 aliphatic rings. The molecule has 1 fully saturated rings. The highest BCUT2D eigenvalue weighted by Gasteiger charge is 2.46. The van der Waals surface area contributed by atoms with Gasteiger partial charge in [-0.05, 0) is 82.7 Å². The van der Waals surface area contributed by atoms with Crippen LogP contribution in [0.4, 0.5) is 0 Å². The average molecular weight is 495 g/mol. The van der Waals surface area contributed by atoms with E-state index in [1.807, 2.05) is 70.1 Å². The van der Waals surface area contributed by atoms with Crippen LogP contribution in [0.15, 0.2) is 48.0 Å². The highest BCUT2D eigenvalue weighted by Crippen LogP contribution is 2.40. The lowest BCUT2D eigenvalue weighted by atomic mass is 9.94. The first-order valence-corrected chi connectivity index (χ1v) is 12.6. The molecule has 36 heavy (non-hydrogen) atoms. The molecule has 2 aromatic rings. The van der Waals surface area contributed by atoms with Gasteiger partial charge in [-0.3, -0.25) is 9.59 Å². The lowest BCUT2D eigenvalue weighted by Crippen LogP contribution is -2.35. The van der Waals surface area contributed by atoms with Gasteiger partial charge in [0.05, 0.1) is 24.3 Å². The van der Waals surface area contributed by atoms with Crippen LogP contribution in [0.2, 0.25) is 0 Å². The Balaban J connectivity index is 2.05. The summed E-state index contributed by atoms with van der Waals surface area (Å²) in [6, 6.07) is 12.1. The molecule has 3 rings (SSSR count). The number of aliphatic hydroxyl groups is 1. The Labute approximate surface area is 214 Å². The Morgan fingerprint density at radius 2 is 1.75 bits per heavy atom. The largest absolute Gasteiger partial charge is 0.507 e. The van der Waals surface area contributed by atoms with E-state index in [-0.39, 0.29) is 17.4 Å². The molecule has 1 saturated heterocycles. The van der Waals surface area contributed by atoms with Gasteiger partial charge in [0.15, 0.2) is 0 Å². The third-order valence-electron chi connectivity index (χ3n) is 6.12. The fraction of sp³-hybridized carbons (Fsp3) is 0.448. The zero-order chi connectivity index (χ0) is 26.4. The number of Topliss-reactive ketones (excluding diaryl/α,β-unsaturated/α-hetero) is 1. The maximum atomic E-state index is 13.3. The number of rotatable bonds is 11. The van der Waals surface area contributed by atoms with Crippen LogP contribution in [0.3, 0.4) is 0 Å². The van der Waals surface area contributed by atoms with E-state index in [1.54, 1.807) is 17.0 Å². The second kappa shape index (κ2) is 12.1. The molecule has 1 heterocycles. The van der Waals surface area contributed by atoms with Gasteiger partial charge in [0.2, 0.25) is 0 Å². The topological polar surface area (TPSA) is 79.3 Å². The van der Waals surface area contributed by atoms with Gasteiger partial charge in [-0.25, -0.2) is 0 Å². The number of likely N-dealkylation sites (N-methyl/N-ethyl adjacent to an activating group) is 1. The number of hydrogen-bond acceptors (Lipinski definition) is 6. The minimum Gasteiger partial charge on any atom is -0.507 e. The molecule has 1 aliphatic heterocycles. The van der Waals surface area contributed by atoms with Crippen LogP contribution in [0.1, 0.15) is 56.3 Å². The first kappa shape index (κ1) is 27.3. The minimum absolute atomic E-state index is 0.0137. The molecule has 2 aromatic carbocycles. The maximum absolute atomic E-state index is 13.3. The molecule has 0 aliphatic carbocycles. The number of nitrogens with zero attached hydrogens (tertiary/aromatic N) is 2. The van der Waals surface area contributed by atoms with E-state index in [1.165, 1.54) is 0 Å². The second-order valence-electron chi connectivity index (χ2n) is 9.71. The Kier molecular flexibility index (Phi) is 9.15. The number of carbonyl (C=O) groups excluding carboxylic acids is 2. The van der Waals surface area contributed by atoms with Crippen LogP contribution in [0, 0.1) is 6.92 Å². The number of benzene rings is 2. The van der Waals surface area contributed by atoms with E-state index in [9.17, 15) is 14.7 Å². The minimum atomic E-state index is -0.694. The van der Waals surface area contributed by atoms with Gasteiger partial charge < -0.3 is 24.4 Å². The molecular formula is C29H38N2O5. The van der Waals surface area contributed by atoms with Crippen molar-refractivity contribution in [3.8, 4) is 11.5 Å². The SMILES string of the molecule is CCCCOc1ccc(C2/C(=C(\O)c3ccc(OC(C)C)cc3C)C(=O)C(=O)N2CCN(C)C)cc1. The van der Waals surface area contributed by atoms with Gasteiger partial charge in [-0.2, -0.15) is 0 Å². The number of likely N-dealkylation sites (tertiary alicyclic amines) is 1. The molecule has 0 bridgehead atoms. The fourth-order valence-electron chi connectivity index (χ4n) is 4.24. The van der Waals surface area contributed by atoms with Crippen LogP contribution < -0.4 is 9.47 Å². The van der Waals surface area contributed by atoms with Crippen molar-refractivity contribution in [2.24, 2.45) is 0 Å². The summed E-state index contributed by atoms with van der Waals surface area (Å²) < 4.78 is 11.5. The Bertz CT molecular complexity index is 1110. The predicted octanol–water partition coefficient (Wildman–Crippen LogP) is 4.94. The third kappa shape index (κ3) is 6.26. The molecule has 1 N–H and O–H groups in total. The van der Waals surface area contributed by atoms with Crippen LogP contribution >= 0.6 is 0 Å². The quantitative estimate of drug-likeness (QED) is 0.206. The Morgan fingerprint density at radius 3 is 2.33 bits per heavy atom. The molecule has 7 nitrogen and oxygen atoms in total. The fourth-order valence-corrected chi connectivity index (χ4v) is 4.24. The van der Waals surface area contributed by atoms with Gasteiger partial charge in [-0.1, -0.05) is 25.5 Å². The van der Waals surface area contributed by atoms with Crippen molar-refractivity contribution in [2.45, 2.75) is 52.7 Å². The summed E-state index contributed by atoms with van der Waals surface area (Å²) in [5.74, 6) is -0.0529. The highest BCUT2D eigenvalue weighted by molar-refractivity contribution is 6.46. The highest BCUT2D eigenvalue weighted by atomic mass is 16.5. The van der Waals surface area contributed by atoms with Crippen molar-refractivity contribution < 1.29 is 24.2 Å². The summed E-state index contributed by atoms with van der Waals surface area (Å²) in [6.07, 6.45) is 2.02. The van der Waals surface area contributed by atoms with E-state index >= 15 is 0 Å². The molecule has 1 atom stereocenters. The number of unbranched alkanes of at least 4 members (excludes halogenated alkanes) is 1. The van der Waals surface area contributed by atoms with Crippen molar-refractivity contribution in [2.75, 3.05) is 33.8 Å². The molecule has 1 amide bonds. The molecule has 1 unspecified atom stereocenters. The van der Waals surface area contributed by atoms with Gasteiger partial charge in [0, 0.05) is 18.7 Å². The van der Waals surface area contributed by atoms with Gasteiger partial charge in [0.25, 0.3) is 11.7 Å². The molecule has 0 radical (unpaired) electrons. The summed E-state index contributed by atoms with van der Waals surface area (Å²) >= 11 is 0. The van der Waals surface area contributed by atoms with Crippen LogP contribution in [-0.4, -0.2) is 66.5 Å². The number of hydrogen-bond donors (Lipinski definition) is 1. The number of ether oxygens (including phenoxy) is 2. The second-order valence-corrected chi connectivity index (χ2v) is 9.71. The smallest absolute Gasteiger partial charge is 0.295 e. The zero-order valence-electron chi connectivity index (χ0n) is 22.2. The van der Waals surface area contributed by atoms with E-state index in [0.29, 0.717) is 31.0 Å². The third-order valence-corrected chi connectivity index (χ3v) is 6.12. The number of carbonyl (C=O) groups is 2. The first-order chi connectivity index (χ1) is 17.1. The summed E-state index contributed by atoms with van der Waals surface area (Å²) in [5.41, 5.74) is 2.10. The van der Waals surface area contributed by atoms with E-state index in [2.05, 4.69) is 6.92 Å². The predicted molar refractivity (Wildman–Crippen MR) is 141 cm³/mol. The van der Waals surface area contributed by atoms with Crippen LogP contribution in [0.5, 0.6) is 11.5 Å². The standard InChI is InChI=1S/C29H38N2O5/c1-7-8-17-35-22-11-9-21(10-12-22)26-25(28(33)29(34)31(26)16-15-30(5)6)27(32)24-14-13-23(18-20(24)4)36-19(2)3/h9-14,18-19,26,32H,7-8,15-17H2,1-6H3/b27-25+. The molecule has 0 spiro atoms. The van der Waals surface area contributed by atoms with Gasteiger partial charge in [-0.15, -0.1) is 0 Å². The first-order valence-electron chi connectivity index (χ1n) is 12.6. The molecular weight excluding hydrogens is 456 g/mol. The monoisotopic (exact) mass is 494 g/mol. The van der Waals surface area contributed by atoms with E-state index in [4.69, 9.17) is 9.47 Å². The van der Waals surface area contributed by atoms with Crippen molar-refractivity contribution in [3.63, 3.8) is 0 Å². The summed E-state index contributed by atoms with van der Waals surface area (Å²) in [7, 11) is 3.83. The Morgan fingerprint density at radius 1 is 1.08 bits per heavy atom. The molecule has 0 aromatic heterocycles. The van der Waals surface area contributed by atoms with Crippen molar-refractivity contribution in [1.82, 2.24) is 9.80 Å². The average Bonchev–Trinajstić information content (AvgIpc) is 3.07. The number of ketones is 1. The van der Waals surface area contributed by atoms with Crippen LogP contribution in [0.25, 0.3) is 5.76 Å². The lowest BCUT2D eigenvalue weighted by Gasteiger charge is -2.27. The number of aliphatic hydroxyl groups excluding tert-OH is 1. The number of amides is 1. The molecule has 194 valence electrons. The molecule has 7 heteroatoms. The summed E-state index contributed by atoms with van der Waals surface area (Å²) in [4.78, 5) is 29.9. The molecule has 0 saturated carbocycles. The van der Waals surface area contributed by atoms with Crippen molar-refractivity contribution in [1.29, 1.82) is 0 Å². The number of aryl methyl sites for hydroxylation is 1. The van der Waals surface area contributed by atoms with E-state index in [0.717, 1.165) is 29.7 Å². The lowest BCUT2D eigenvalue weighted by molar-refractivity contribution is -0.140. The van der Waals surface area contributed by atoms with Crippen molar-refractivity contribution in [3.05, 3.63) is 64.7 Å². The van der Waals surface area contributed by atoms with Gasteiger partial charge in [0.1, 0.15) is 17.3 Å².